The van der Waals surface area contributed by atoms with E-state index in [1.54, 1.807) is 0 Å². The first-order valence-corrected chi connectivity index (χ1v) is 8.12. The van der Waals surface area contributed by atoms with Crippen LogP contribution in [-0.4, -0.2) is 36.1 Å². The molecule has 1 saturated heterocycles. The summed E-state index contributed by atoms with van der Waals surface area (Å²) >= 11 is 1.86. The van der Waals surface area contributed by atoms with Crippen molar-refractivity contribution < 1.29 is 0 Å². The predicted octanol–water partition coefficient (Wildman–Crippen LogP) is 2.84. The fraction of sp³-hybridized carbons (Fsp3) is 0.786. The van der Waals surface area contributed by atoms with Crippen molar-refractivity contribution in [1.29, 1.82) is 0 Å². The van der Waals surface area contributed by atoms with Crippen molar-refractivity contribution in [2.24, 2.45) is 0 Å². The zero-order chi connectivity index (χ0) is 12.8. The molecule has 3 nitrogen and oxygen atoms in total. The fourth-order valence-corrected chi connectivity index (χ4v) is 3.60. The molecule has 1 aromatic heterocycles. The highest BCUT2D eigenvalue weighted by molar-refractivity contribution is 7.09. The van der Waals surface area contributed by atoms with Crippen molar-refractivity contribution in [3.63, 3.8) is 0 Å². The van der Waals surface area contributed by atoms with Crippen LogP contribution in [0.1, 0.15) is 49.9 Å². The number of piperazine rings is 1. The smallest absolute Gasteiger partial charge is 0.110 e. The molecule has 0 bridgehead atoms. The number of nitrogens with zero attached hydrogens (tertiary/aromatic N) is 2. The number of aromatic nitrogens is 1. The van der Waals surface area contributed by atoms with Gasteiger partial charge in [0.1, 0.15) is 5.01 Å². The number of nitrogens with one attached hydrogen (secondary N) is 1. The van der Waals surface area contributed by atoms with Gasteiger partial charge in [-0.05, 0) is 12.8 Å². The van der Waals surface area contributed by atoms with Gasteiger partial charge in [0.2, 0.25) is 0 Å². The first-order valence-electron chi connectivity index (χ1n) is 7.24. The van der Waals surface area contributed by atoms with E-state index in [9.17, 15) is 0 Å². The van der Waals surface area contributed by atoms with E-state index in [0.29, 0.717) is 6.04 Å². The van der Waals surface area contributed by atoms with Crippen LogP contribution >= 0.6 is 11.3 Å². The Bertz CT molecular complexity index is 345. The van der Waals surface area contributed by atoms with E-state index in [1.165, 1.54) is 30.0 Å². The summed E-state index contributed by atoms with van der Waals surface area (Å²) in [5.74, 6) is 0. The molecule has 2 rings (SSSR count). The van der Waals surface area contributed by atoms with E-state index in [-0.39, 0.29) is 0 Å². The van der Waals surface area contributed by atoms with Crippen LogP contribution in [0.25, 0.3) is 0 Å². The SMILES string of the molecule is CCCc1csc(C(CCC)N2CCNCC2)n1. The second kappa shape index (κ2) is 7.22. The van der Waals surface area contributed by atoms with Gasteiger partial charge in [-0.1, -0.05) is 26.7 Å². The summed E-state index contributed by atoms with van der Waals surface area (Å²) in [7, 11) is 0. The van der Waals surface area contributed by atoms with Gasteiger partial charge in [0.15, 0.2) is 0 Å². The standard InChI is InChI=1S/C14H25N3S/c1-3-5-12-11-18-14(16-12)13(6-4-2)17-9-7-15-8-10-17/h11,13,15H,3-10H2,1-2H3. The largest absolute Gasteiger partial charge is 0.314 e. The van der Waals surface area contributed by atoms with E-state index in [2.05, 4.69) is 29.4 Å². The van der Waals surface area contributed by atoms with E-state index < -0.39 is 0 Å². The average Bonchev–Trinajstić information content (AvgIpc) is 2.86. The molecule has 0 radical (unpaired) electrons. The van der Waals surface area contributed by atoms with Gasteiger partial charge in [0, 0.05) is 31.6 Å². The summed E-state index contributed by atoms with van der Waals surface area (Å²) < 4.78 is 0. The summed E-state index contributed by atoms with van der Waals surface area (Å²) in [4.78, 5) is 7.46. The second-order valence-electron chi connectivity index (χ2n) is 5.02. The van der Waals surface area contributed by atoms with Gasteiger partial charge in [0.05, 0.1) is 11.7 Å². The second-order valence-corrected chi connectivity index (χ2v) is 5.91. The maximum atomic E-state index is 4.85. The summed E-state index contributed by atoms with van der Waals surface area (Å²) in [6.07, 6.45) is 4.78. The molecule has 1 aliphatic rings. The molecular formula is C14H25N3S. The number of hydrogen-bond donors (Lipinski definition) is 1. The topological polar surface area (TPSA) is 28.2 Å². The van der Waals surface area contributed by atoms with Crippen LogP contribution in [0, 0.1) is 0 Å². The zero-order valence-electron chi connectivity index (χ0n) is 11.6. The summed E-state index contributed by atoms with van der Waals surface area (Å²) in [6.45, 7) is 9.05. The molecule has 0 amide bonds. The van der Waals surface area contributed by atoms with Gasteiger partial charge in [-0.25, -0.2) is 4.98 Å². The molecule has 1 atom stereocenters. The minimum Gasteiger partial charge on any atom is -0.314 e. The van der Waals surface area contributed by atoms with Crippen molar-refractivity contribution in [3.8, 4) is 0 Å². The van der Waals surface area contributed by atoms with Gasteiger partial charge in [-0.2, -0.15) is 0 Å². The minimum absolute atomic E-state index is 0.549. The molecule has 0 spiro atoms. The zero-order valence-corrected chi connectivity index (χ0v) is 12.4. The molecule has 0 aliphatic carbocycles. The number of rotatable bonds is 6. The molecule has 0 aromatic carbocycles. The Labute approximate surface area is 115 Å². The number of thiazole rings is 1. The van der Waals surface area contributed by atoms with Gasteiger partial charge in [0.25, 0.3) is 0 Å². The summed E-state index contributed by atoms with van der Waals surface area (Å²) in [5, 5.41) is 7.02. The number of hydrogen-bond acceptors (Lipinski definition) is 4. The third-order valence-electron chi connectivity index (χ3n) is 3.52. The predicted molar refractivity (Wildman–Crippen MR) is 78.2 cm³/mol. The molecule has 2 heterocycles. The first kappa shape index (κ1) is 14.0. The van der Waals surface area contributed by atoms with Crippen molar-refractivity contribution >= 4 is 11.3 Å². The molecule has 1 unspecified atom stereocenters. The van der Waals surface area contributed by atoms with E-state index in [1.807, 2.05) is 11.3 Å². The van der Waals surface area contributed by atoms with Crippen LogP contribution in [-0.2, 0) is 6.42 Å². The molecular weight excluding hydrogens is 242 g/mol. The normalized spacial score (nSPS) is 19.0. The Hall–Kier alpha value is -0.450. The quantitative estimate of drug-likeness (QED) is 0.859. The highest BCUT2D eigenvalue weighted by atomic mass is 32.1. The molecule has 1 fully saturated rings. The maximum absolute atomic E-state index is 4.85. The van der Waals surface area contributed by atoms with Gasteiger partial charge in [-0.15, -0.1) is 11.3 Å². The average molecular weight is 267 g/mol. The molecule has 1 aliphatic heterocycles. The van der Waals surface area contributed by atoms with Crippen molar-refractivity contribution in [3.05, 3.63) is 16.1 Å². The Morgan fingerprint density at radius 1 is 1.33 bits per heavy atom. The van der Waals surface area contributed by atoms with Crippen LogP contribution in [0.2, 0.25) is 0 Å². The Kier molecular flexibility index (Phi) is 5.60. The fourth-order valence-electron chi connectivity index (χ4n) is 2.58. The molecule has 4 heteroatoms. The highest BCUT2D eigenvalue weighted by Crippen LogP contribution is 2.28. The van der Waals surface area contributed by atoms with Gasteiger partial charge in [-0.3, -0.25) is 4.90 Å². The Morgan fingerprint density at radius 3 is 2.78 bits per heavy atom. The summed E-state index contributed by atoms with van der Waals surface area (Å²) in [6, 6.07) is 0.549. The lowest BCUT2D eigenvalue weighted by molar-refractivity contribution is 0.164. The molecule has 18 heavy (non-hydrogen) atoms. The highest BCUT2D eigenvalue weighted by Gasteiger charge is 2.23. The monoisotopic (exact) mass is 267 g/mol. The van der Waals surface area contributed by atoms with Crippen LogP contribution < -0.4 is 5.32 Å². The van der Waals surface area contributed by atoms with Crippen molar-refractivity contribution in [1.82, 2.24) is 15.2 Å². The van der Waals surface area contributed by atoms with E-state index in [0.717, 1.165) is 32.6 Å². The van der Waals surface area contributed by atoms with Crippen LogP contribution in [0.3, 0.4) is 0 Å². The third kappa shape index (κ3) is 3.53. The number of aryl methyl sites for hydroxylation is 1. The van der Waals surface area contributed by atoms with E-state index in [4.69, 9.17) is 4.98 Å². The Morgan fingerprint density at radius 2 is 2.11 bits per heavy atom. The molecule has 102 valence electrons. The van der Waals surface area contributed by atoms with Crippen LogP contribution in [0.15, 0.2) is 5.38 Å². The maximum Gasteiger partial charge on any atom is 0.110 e. The van der Waals surface area contributed by atoms with E-state index >= 15 is 0 Å². The minimum atomic E-state index is 0.549. The first-order chi connectivity index (χ1) is 8.85. The lowest BCUT2D eigenvalue weighted by Crippen LogP contribution is -2.45. The van der Waals surface area contributed by atoms with Crippen LogP contribution in [0.4, 0.5) is 0 Å². The lowest BCUT2D eigenvalue weighted by Gasteiger charge is -2.33. The van der Waals surface area contributed by atoms with Crippen molar-refractivity contribution in [2.45, 2.75) is 45.6 Å². The van der Waals surface area contributed by atoms with Gasteiger partial charge < -0.3 is 5.32 Å². The van der Waals surface area contributed by atoms with Crippen molar-refractivity contribution in [2.75, 3.05) is 26.2 Å². The molecule has 0 saturated carbocycles. The summed E-state index contributed by atoms with van der Waals surface area (Å²) in [5.41, 5.74) is 1.29. The molecule has 1 aromatic rings. The third-order valence-corrected chi connectivity index (χ3v) is 4.51. The molecule has 1 N–H and O–H groups in total. The van der Waals surface area contributed by atoms with Crippen LogP contribution in [0.5, 0.6) is 0 Å². The van der Waals surface area contributed by atoms with Gasteiger partial charge >= 0.3 is 0 Å². The Balaban J connectivity index is 2.06. The lowest BCUT2D eigenvalue weighted by atomic mass is 10.1.